The third-order valence-electron chi connectivity index (χ3n) is 3.97. The molecule has 0 saturated heterocycles. The van der Waals surface area contributed by atoms with E-state index >= 15 is 0 Å². The van der Waals surface area contributed by atoms with Gasteiger partial charge >= 0.3 is 0 Å². The van der Waals surface area contributed by atoms with Crippen molar-refractivity contribution in [2.24, 2.45) is 7.05 Å². The van der Waals surface area contributed by atoms with Gasteiger partial charge in [-0.2, -0.15) is 5.10 Å². The molecular formula is C18H16ClFN4O2. The van der Waals surface area contributed by atoms with Crippen LogP contribution in [0.2, 0.25) is 5.02 Å². The third-order valence-corrected chi connectivity index (χ3v) is 4.27. The van der Waals surface area contributed by atoms with Gasteiger partial charge in [0.1, 0.15) is 17.3 Å². The fourth-order valence-electron chi connectivity index (χ4n) is 2.74. The van der Waals surface area contributed by atoms with E-state index in [9.17, 15) is 14.5 Å². The Bertz CT molecular complexity index is 974. The van der Waals surface area contributed by atoms with Crippen molar-refractivity contribution < 1.29 is 9.31 Å². The SMILES string of the molecule is CCc1cc(N(c2ccc(F)cc2Cl)c2ccccc2[N+](=O)[O-])n(C)n1. The van der Waals surface area contributed by atoms with E-state index in [0.29, 0.717) is 23.6 Å². The molecule has 0 radical (unpaired) electrons. The van der Waals surface area contributed by atoms with Crippen LogP contribution in [0.1, 0.15) is 12.6 Å². The number of para-hydroxylation sites is 2. The van der Waals surface area contributed by atoms with Crippen LogP contribution >= 0.6 is 11.6 Å². The van der Waals surface area contributed by atoms with Crippen molar-refractivity contribution >= 4 is 34.5 Å². The zero-order valence-corrected chi connectivity index (χ0v) is 14.9. The largest absolute Gasteiger partial charge is 0.293 e. The Balaban J connectivity index is 2.30. The van der Waals surface area contributed by atoms with E-state index in [1.165, 1.54) is 24.3 Å². The van der Waals surface area contributed by atoms with Gasteiger partial charge < -0.3 is 0 Å². The lowest BCUT2D eigenvalue weighted by atomic mass is 10.2. The molecule has 1 aromatic heterocycles. The van der Waals surface area contributed by atoms with E-state index in [1.807, 2.05) is 13.0 Å². The number of nitrogens with zero attached hydrogens (tertiary/aromatic N) is 4. The Morgan fingerprint density at radius 2 is 1.96 bits per heavy atom. The quantitative estimate of drug-likeness (QED) is 0.457. The fourth-order valence-corrected chi connectivity index (χ4v) is 3.00. The lowest BCUT2D eigenvalue weighted by Crippen LogP contribution is -2.15. The van der Waals surface area contributed by atoms with Crippen molar-refractivity contribution in [1.82, 2.24) is 9.78 Å². The molecule has 0 atom stereocenters. The van der Waals surface area contributed by atoms with E-state index in [0.717, 1.165) is 5.69 Å². The molecule has 2 aromatic carbocycles. The number of nitro benzene ring substituents is 1. The van der Waals surface area contributed by atoms with Crippen LogP contribution in [0.25, 0.3) is 0 Å². The summed E-state index contributed by atoms with van der Waals surface area (Å²) in [7, 11) is 1.74. The summed E-state index contributed by atoms with van der Waals surface area (Å²) < 4.78 is 15.2. The van der Waals surface area contributed by atoms with Crippen LogP contribution in [0.15, 0.2) is 48.5 Å². The number of aryl methyl sites for hydroxylation is 2. The number of hydrogen-bond donors (Lipinski definition) is 0. The second kappa shape index (κ2) is 7.13. The number of hydrogen-bond acceptors (Lipinski definition) is 4. The molecular weight excluding hydrogens is 359 g/mol. The van der Waals surface area contributed by atoms with E-state index in [-0.39, 0.29) is 10.7 Å². The van der Waals surface area contributed by atoms with Crippen molar-refractivity contribution in [1.29, 1.82) is 0 Å². The minimum Gasteiger partial charge on any atom is -0.287 e. The first-order valence-electron chi connectivity index (χ1n) is 7.94. The Morgan fingerprint density at radius 3 is 2.58 bits per heavy atom. The van der Waals surface area contributed by atoms with Gasteiger partial charge in [0.2, 0.25) is 0 Å². The van der Waals surface area contributed by atoms with E-state index in [1.54, 1.807) is 34.8 Å². The van der Waals surface area contributed by atoms with Crippen LogP contribution in [-0.4, -0.2) is 14.7 Å². The van der Waals surface area contributed by atoms with Crippen molar-refractivity contribution in [3.63, 3.8) is 0 Å². The van der Waals surface area contributed by atoms with Crippen molar-refractivity contribution in [2.75, 3.05) is 4.90 Å². The van der Waals surface area contributed by atoms with Gasteiger partial charge in [0, 0.05) is 19.2 Å². The normalized spacial score (nSPS) is 10.8. The molecule has 0 aliphatic rings. The van der Waals surface area contributed by atoms with Crippen LogP contribution in [-0.2, 0) is 13.5 Å². The predicted octanol–water partition coefficient (Wildman–Crippen LogP) is 5.15. The average Bonchev–Trinajstić information content (AvgIpc) is 2.98. The Morgan fingerprint density at radius 1 is 1.23 bits per heavy atom. The summed E-state index contributed by atoms with van der Waals surface area (Å²) in [6, 6.07) is 12.1. The highest BCUT2D eigenvalue weighted by atomic mass is 35.5. The van der Waals surface area contributed by atoms with Gasteiger partial charge in [-0.15, -0.1) is 0 Å². The van der Waals surface area contributed by atoms with Crippen molar-refractivity contribution in [2.45, 2.75) is 13.3 Å². The van der Waals surface area contributed by atoms with Crippen LogP contribution < -0.4 is 4.90 Å². The number of aromatic nitrogens is 2. The average molecular weight is 375 g/mol. The van der Waals surface area contributed by atoms with E-state index < -0.39 is 10.7 Å². The first-order valence-corrected chi connectivity index (χ1v) is 8.31. The molecule has 6 nitrogen and oxygen atoms in total. The van der Waals surface area contributed by atoms with Gasteiger partial charge in [-0.1, -0.05) is 30.7 Å². The van der Waals surface area contributed by atoms with Crippen molar-refractivity contribution in [3.8, 4) is 0 Å². The second-order valence-electron chi connectivity index (χ2n) is 5.65. The Kier molecular flexibility index (Phi) is 4.90. The minimum atomic E-state index is -0.486. The van der Waals surface area contributed by atoms with Crippen LogP contribution in [0.3, 0.4) is 0 Å². The molecule has 0 N–H and O–H groups in total. The minimum absolute atomic E-state index is 0.0906. The molecule has 8 heteroatoms. The van der Waals surface area contributed by atoms with Crippen molar-refractivity contribution in [3.05, 3.63) is 75.2 Å². The molecule has 0 aliphatic carbocycles. The maximum absolute atomic E-state index is 13.5. The Hall–Kier alpha value is -2.93. The van der Waals surface area contributed by atoms with Gasteiger partial charge in [-0.05, 0) is 30.7 Å². The molecule has 1 heterocycles. The number of benzene rings is 2. The molecule has 134 valence electrons. The maximum Gasteiger partial charge on any atom is 0.293 e. The fraction of sp³-hybridized carbons (Fsp3) is 0.167. The highest BCUT2D eigenvalue weighted by Crippen LogP contribution is 2.42. The lowest BCUT2D eigenvalue weighted by molar-refractivity contribution is -0.384. The summed E-state index contributed by atoms with van der Waals surface area (Å²) in [5, 5.41) is 16.1. The summed E-state index contributed by atoms with van der Waals surface area (Å²) in [6.45, 7) is 1.96. The molecule has 0 saturated carbocycles. The summed E-state index contributed by atoms with van der Waals surface area (Å²) in [6.07, 6.45) is 0.704. The zero-order chi connectivity index (χ0) is 18.8. The highest BCUT2D eigenvalue weighted by Gasteiger charge is 2.26. The number of anilines is 3. The first kappa shape index (κ1) is 17.9. The second-order valence-corrected chi connectivity index (χ2v) is 6.06. The smallest absolute Gasteiger partial charge is 0.287 e. The summed E-state index contributed by atoms with van der Waals surface area (Å²) in [4.78, 5) is 12.7. The van der Waals surface area contributed by atoms with Crippen LogP contribution in [0.5, 0.6) is 0 Å². The Labute approximate surface area is 154 Å². The van der Waals surface area contributed by atoms with E-state index in [2.05, 4.69) is 5.10 Å². The third kappa shape index (κ3) is 3.25. The molecule has 3 aromatic rings. The van der Waals surface area contributed by atoms with Gasteiger partial charge in [0.05, 0.1) is 21.3 Å². The first-order chi connectivity index (χ1) is 12.4. The molecule has 0 spiro atoms. The zero-order valence-electron chi connectivity index (χ0n) is 14.2. The molecule has 0 amide bonds. The van der Waals surface area contributed by atoms with Gasteiger partial charge in [0.15, 0.2) is 0 Å². The lowest BCUT2D eigenvalue weighted by Gasteiger charge is -2.25. The monoisotopic (exact) mass is 374 g/mol. The molecule has 0 unspecified atom stereocenters. The number of halogens is 2. The molecule has 0 aliphatic heterocycles. The summed E-state index contributed by atoms with van der Waals surface area (Å²) >= 11 is 6.27. The molecule has 26 heavy (non-hydrogen) atoms. The van der Waals surface area contributed by atoms with Gasteiger partial charge in [-0.25, -0.2) is 4.39 Å². The topological polar surface area (TPSA) is 64.2 Å². The summed E-state index contributed by atoms with van der Waals surface area (Å²) in [5.74, 6) is 0.102. The molecule has 0 bridgehead atoms. The van der Waals surface area contributed by atoms with Crippen LogP contribution in [0.4, 0.5) is 27.3 Å². The van der Waals surface area contributed by atoms with Gasteiger partial charge in [-0.3, -0.25) is 19.7 Å². The summed E-state index contributed by atoms with van der Waals surface area (Å²) in [5.41, 5.74) is 1.47. The highest BCUT2D eigenvalue weighted by molar-refractivity contribution is 6.33. The van der Waals surface area contributed by atoms with Gasteiger partial charge in [0.25, 0.3) is 5.69 Å². The van der Waals surface area contributed by atoms with E-state index in [4.69, 9.17) is 11.6 Å². The number of nitro groups is 1. The number of rotatable bonds is 5. The molecule has 3 rings (SSSR count). The maximum atomic E-state index is 13.5. The van der Waals surface area contributed by atoms with Crippen LogP contribution in [0, 0.1) is 15.9 Å². The standard InChI is InChI=1S/C18H16ClFN4O2/c1-3-13-11-18(22(2)21-13)23(15-9-8-12(20)10-14(15)19)16-6-4-5-7-17(16)24(25)26/h4-11H,3H2,1-2H3. The predicted molar refractivity (Wildman–Crippen MR) is 98.9 cm³/mol. The molecule has 0 fully saturated rings.